The summed E-state index contributed by atoms with van der Waals surface area (Å²) < 4.78 is 7.44. The van der Waals surface area contributed by atoms with Crippen molar-refractivity contribution in [2.45, 2.75) is 6.92 Å². The number of thiazole rings is 1. The molecule has 1 aromatic carbocycles. The number of aryl methyl sites for hydroxylation is 1. The van der Waals surface area contributed by atoms with Crippen molar-refractivity contribution >= 4 is 59.9 Å². The summed E-state index contributed by atoms with van der Waals surface area (Å²) in [6.45, 7) is 3.37. The standard InChI is InChI=1S/C18H20BrN3O2S2/c1-11-5-6-12(24-4)15-16(11)26-18(20-15)22(10-9-21(2)3)17(23)13-7-8-14(19)25-13/h5-8H,9-10H2,1-4H3. The molecule has 5 nitrogen and oxygen atoms in total. The Kier molecular flexibility index (Phi) is 5.96. The van der Waals surface area contributed by atoms with E-state index < -0.39 is 0 Å². The highest BCUT2D eigenvalue weighted by atomic mass is 79.9. The Bertz CT molecular complexity index is 936. The number of nitrogens with zero attached hydrogens (tertiary/aromatic N) is 3. The number of anilines is 1. The Balaban J connectivity index is 2.05. The molecule has 2 heterocycles. The van der Waals surface area contributed by atoms with Crippen LogP contribution >= 0.6 is 38.6 Å². The molecule has 1 amide bonds. The van der Waals surface area contributed by atoms with Crippen molar-refractivity contribution in [2.75, 3.05) is 39.2 Å². The predicted molar refractivity (Wildman–Crippen MR) is 113 cm³/mol. The number of benzene rings is 1. The van der Waals surface area contributed by atoms with Gasteiger partial charge in [-0.2, -0.15) is 0 Å². The van der Waals surface area contributed by atoms with Crippen LogP contribution in [0.15, 0.2) is 28.1 Å². The molecule has 0 fully saturated rings. The lowest BCUT2D eigenvalue weighted by Crippen LogP contribution is -2.36. The molecule has 3 aromatic rings. The second kappa shape index (κ2) is 8.04. The minimum Gasteiger partial charge on any atom is -0.494 e. The van der Waals surface area contributed by atoms with E-state index in [1.807, 2.05) is 45.3 Å². The predicted octanol–water partition coefficient (Wildman–Crippen LogP) is 4.65. The van der Waals surface area contributed by atoms with E-state index in [0.717, 1.165) is 31.9 Å². The molecule has 138 valence electrons. The maximum atomic E-state index is 13.1. The summed E-state index contributed by atoms with van der Waals surface area (Å²) in [7, 11) is 5.63. The van der Waals surface area contributed by atoms with Gasteiger partial charge in [0.2, 0.25) is 0 Å². The molecule has 0 bridgehead atoms. The summed E-state index contributed by atoms with van der Waals surface area (Å²) in [5.41, 5.74) is 1.94. The fourth-order valence-electron chi connectivity index (χ4n) is 2.52. The lowest BCUT2D eigenvalue weighted by Gasteiger charge is -2.21. The number of ether oxygens (including phenoxy) is 1. The molecule has 0 radical (unpaired) electrons. The highest BCUT2D eigenvalue weighted by Gasteiger charge is 2.24. The van der Waals surface area contributed by atoms with Crippen LogP contribution in [0.4, 0.5) is 5.13 Å². The zero-order valence-corrected chi connectivity index (χ0v) is 18.3. The number of carbonyl (C=O) groups excluding carboxylic acids is 1. The van der Waals surface area contributed by atoms with E-state index in [1.54, 1.807) is 12.0 Å². The van der Waals surface area contributed by atoms with Crippen LogP contribution in [-0.4, -0.2) is 50.1 Å². The number of hydrogen-bond acceptors (Lipinski definition) is 6. The summed E-state index contributed by atoms with van der Waals surface area (Å²) in [5, 5.41) is 0.698. The molecule has 0 aliphatic heterocycles. The maximum absolute atomic E-state index is 13.1. The quantitative estimate of drug-likeness (QED) is 0.544. The van der Waals surface area contributed by atoms with Crippen LogP contribution in [0.2, 0.25) is 0 Å². The fourth-order valence-corrected chi connectivity index (χ4v) is 4.94. The third kappa shape index (κ3) is 3.93. The van der Waals surface area contributed by atoms with Gasteiger partial charge in [-0.1, -0.05) is 17.4 Å². The number of rotatable bonds is 6. The number of hydrogen-bond donors (Lipinski definition) is 0. The zero-order valence-electron chi connectivity index (χ0n) is 15.1. The molecule has 8 heteroatoms. The van der Waals surface area contributed by atoms with Crippen molar-refractivity contribution < 1.29 is 9.53 Å². The van der Waals surface area contributed by atoms with Gasteiger partial charge in [-0.15, -0.1) is 11.3 Å². The molecule has 0 saturated carbocycles. The Morgan fingerprint density at radius 2 is 1.96 bits per heavy atom. The van der Waals surface area contributed by atoms with Crippen molar-refractivity contribution in [2.24, 2.45) is 0 Å². The molecule has 0 aliphatic carbocycles. The van der Waals surface area contributed by atoms with Gasteiger partial charge in [0.15, 0.2) is 5.13 Å². The van der Waals surface area contributed by atoms with Crippen LogP contribution in [0.3, 0.4) is 0 Å². The highest BCUT2D eigenvalue weighted by Crippen LogP contribution is 2.37. The normalized spacial score (nSPS) is 11.3. The lowest BCUT2D eigenvalue weighted by atomic mass is 10.2. The smallest absolute Gasteiger partial charge is 0.270 e. The molecule has 0 N–H and O–H groups in total. The van der Waals surface area contributed by atoms with Crippen LogP contribution in [0.1, 0.15) is 15.2 Å². The number of amides is 1. The van der Waals surface area contributed by atoms with Crippen molar-refractivity contribution in [1.82, 2.24) is 9.88 Å². The van der Waals surface area contributed by atoms with E-state index in [-0.39, 0.29) is 5.91 Å². The highest BCUT2D eigenvalue weighted by molar-refractivity contribution is 9.11. The van der Waals surface area contributed by atoms with E-state index in [1.165, 1.54) is 22.7 Å². The topological polar surface area (TPSA) is 45.7 Å². The third-order valence-electron chi connectivity index (χ3n) is 3.94. The van der Waals surface area contributed by atoms with E-state index in [4.69, 9.17) is 9.72 Å². The molecular weight excluding hydrogens is 434 g/mol. The first-order valence-corrected chi connectivity index (χ1v) is 10.5. The van der Waals surface area contributed by atoms with Gasteiger partial charge in [0, 0.05) is 13.1 Å². The van der Waals surface area contributed by atoms with Crippen molar-refractivity contribution in [1.29, 1.82) is 0 Å². The van der Waals surface area contributed by atoms with Gasteiger partial charge in [-0.3, -0.25) is 9.69 Å². The molecule has 0 spiro atoms. The van der Waals surface area contributed by atoms with E-state index >= 15 is 0 Å². The zero-order chi connectivity index (χ0) is 18.8. The lowest BCUT2D eigenvalue weighted by molar-refractivity contribution is 0.0989. The second-order valence-electron chi connectivity index (χ2n) is 6.12. The van der Waals surface area contributed by atoms with Gasteiger partial charge < -0.3 is 9.64 Å². The minimum absolute atomic E-state index is 0.0294. The summed E-state index contributed by atoms with van der Waals surface area (Å²) in [6, 6.07) is 7.68. The van der Waals surface area contributed by atoms with E-state index in [9.17, 15) is 4.79 Å². The maximum Gasteiger partial charge on any atom is 0.270 e. The summed E-state index contributed by atoms with van der Waals surface area (Å²) >= 11 is 6.40. The molecular formula is C18H20BrN3O2S2. The van der Waals surface area contributed by atoms with Gasteiger partial charge in [0.05, 0.1) is 20.5 Å². The molecule has 3 rings (SSSR count). The van der Waals surface area contributed by atoms with Crippen molar-refractivity contribution in [3.05, 3.63) is 38.5 Å². The molecule has 0 saturated heterocycles. The number of carbonyl (C=O) groups is 1. The number of likely N-dealkylation sites (N-methyl/N-ethyl adjacent to an activating group) is 1. The Morgan fingerprint density at radius 3 is 2.58 bits per heavy atom. The number of halogens is 1. The van der Waals surface area contributed by atoms with Gasteiger partial charge >= 0.3 is 0 Å². The minimum atomic E-state index is -0.0294. The summed E-state index contributed by atoms with van der Waals surface area (Å²) in [5.74, 6) is 0.699. The van der Waals surface area contributed by atoms with Crippen molar-refractivity contribution in [3.63, 3.8) is 0 Å². The number of fused-ring (bicyclic) bond motifs is 1. The largest absolute Gasteiger partial charge is 0.494 e. The number of thiophene rings is 1. The molecule has 0 unspecified atom stereocenters. The third-order valence-corrected chi connectivity index (χ3v) is 6.77. The average molecular weight is 454 g/mol. The van der Waals surface area contributed by atoms with E-state index in [2.05, 4.69) is 20.8 Å². The van der Waals surface area contributed by atoms with Crippen molar-refractivity contribution in [3.8, 4) is 5.75 Å². The summed E-state index contributed by atoms with van der Waals surface area (Å²) in [6.07, 6.45) is 0. The first kappa shape index (κ1) is 19.3. The van der Waals surface area contributed by atoms with Gasteiger partial charge in [0.1, 0.15) is 11.3 Å². The SMILES string of the molecule is COc1ccc(C)c2sc(N(CCN(C)C)C(=O)c3ccc(Br)s3)nc12. The summed E-state index contributed by atoms with van der Waals surface area (Å²) in [4.78, 5) is 22.4. The van der Waals surface area contributed by atoms with Gasteiger partial charge in [-0.25, -0.2) is 4.98 Å². The van der Waals surface area contributed by atoms with Crippen LogP contribution in [0.5, 0.6) is 5.75 Å². The van der Waals surface area contributed by atoms with Gasteiger partial charge in [0.25, 0.3) is 5.91 Å². The second-order valence-corrected chi connectivity index (χ2v) is 9.56. The Morgan fingerprint density at radius 1 is 1.19 bits per heavy atom. The van der Waals surface area contributed by atoms with Crippen LogP contribution in [0.25, 0.3) is 10.2 Å². The number of aromatic nitrogens is 1. The number of methoxy groups -OCH3 is 1. The first-order chi connectivity index (χ1) is 12.4. The Labute approximate surface area is 169 Å². The van der Waals surface area contributed by atoms with E-state index in [0.29, 0.717) is 16.6 Å². The molecule has 0 atom stereocenters. The fraction of sp³-hybridized carbons (Fsp3) is 0.333. The Hall–Kier alpha value is -1.48. The monoisotopic (exact) mass is 453 g/mol. The molecule has 26 heavy (non-hydrogen) atoms. The molecule has 0 aliphatic rings. The van der Waals surface area contributed by atoms with Crippen LogP contribution < -0.4 is 9.64 Å². The van der Waals surface area contributed by atoms with Crippen LogP contribution in [-0.2, 0) is 0 Å². The van der Waals surface area contributed by atoms with Crippen LogP contribution in [0, 0.1) is 6.92 Å². The molecule has 2 aromatic heterocycles. The van der Waals surface area contributed by atoms with Gasteiger partial charge in [-0.05, 0) is 60.7 Å². The first-order valence-electron chi connectivity index (χ1n) is 8.06. The average Bonchev–Trinajstić information content (AvgIpc) is 3.22.